The van der Waals surface area contributed by atoms with Crippen molar-refractivity contribution in [3.63, 3.8) is 0 Å². The van der Waals surface area contributed by atoms with E-state index in [-0.39, 0.29) is 0 Å². The average Bonchev–Trinajstić information content (AvgIpc) is 2.98. The first-order valence-electron chi connectivity index (χ1n) is 15.7. The van der Waals surface area contributed by atoms with Crippen molar-refractivity contribution in [2.24, 2.45) is 0 Å². The summed E-state index contributed by atoms with van der Waals surface area (Å²) in [5, 5.41) is 0. The van der Waals surface area contributed by atoms with Crippen molar-refractivity contribution in [1.82, 2.24) is 9.97 Å². The average molecular weight is 527 g/mol. The first kappa shape index (κ1) is 30.8. The van der Waals surface area contributed by atoms with Crippen LogP contribution in [0.5, 0.6) is 0 Å². The van der Waals surface area contributed by atoms with Gasteiger partial charge in [0.25, 0.3) is 0 Å². The molecule has 0 spiro atoms. The van der Waals surface area contributed by atoms with E-state index in [1.165, 1.54) is 113 Å². The van der Waals surface area contributed by atoms with Gasteiger partial charge in [0.05, 0.1) is 12.7 Å². The van der Waals surface area contributed by atoms with E-state index >= 15 is 0 Å². The van der Waals surface area contributed by atoms with Gasteiger partial charge in [0.15, 0.2) is 0 Å². The quantitative estimate of drug-likeness (QED) is 0.131. The van der Waals surface area contributed by atoms with Crippen LogP contribution in [0.1, 0.15) is 101 Å². The largest absolute Gasteiger partial charge is 0.305 e. The number of allylic oxidation sites excluding steroid dienone is 6. The summed E-state index contributed by atoms with van der Waals surface area (Å²) in [7, 11) is 0. The van der Waals surface area contributed by atoms with E-state index in [9.17, 15) is 0 Å². The molecule has 0 saturated heterocycles. The minimum atomic E-state index is 1.08. The molecule has 3 nitrogen and oxygen atoms in total. The minimum Gasteiger partial charge on any atom is -0.305 e. The Hall–Kier alpha value is -2.78. The number of hydrogen-bond donors (Lipinski definition) is 1. The Bertz CT molecular complexity index is 975. The number of nitrogens with one attached hydrogen (secondary N) is 1. The Balaban J connectivity index is 1.11. The highest BCUT2D eigenvalue weighted by Gasteiger charge is 2.08. The number of aryl methyl sites for hydroxylation is 2. The van der Waals surface area contributed by atoms with Crippen LogP contribution in [0, 0.1) is 0 Å². The molecule has 0 fully saturated rings. The molecule has 0 radical (unpaired) electrons. The molecule has 3 rings (SSSR count). The van der Waals surface area contributed by atoms with Gasteiger partial charge in [-0.05, 0) is 106 Å². The molecule has 0 bridgehead atoms. The maximum Gasteiger partial charge on any atom is 0.100 e. The zero-order valence-corrected chi connectivity index (χ0v) is 24.3. The van der Waals surface area contributed by atoms with Gasteiger partial charge >= 0.3 is 0 Å². The standard InChI is InChI=1S/C36H51N3/c1(3-6-10-14-21-34-24-18-27-37-31-34)2-4-9-13-17-29-39-30-20-26-36(33-39)23-16-12-8-5-7-11-15-22-35-25-19-28-38-32-35/h2,4,12,16,18-20,24-28,31-33H,1,3,5-11,13-15,17,21-23,29-30H2/p+1. The fourth-order valence-electron chi connectivity index (χ4n) is 5.20. The summed E-state index contributed by atoms with van der Waals surface area (Å²) in [6.45, 7) is 2.39. The SMILES string of the molecule is C(=CCCCC[NH+]1C=C(CC=CCCCCCCc2cccnc2)C=CC1)CCCCCCc1cccnc1. The minimum absolute atomic E-state index is 1.08. The number of nitrogens with zero attached hydrogens (tertiary/aromatic N) is 2. The van der Waals surface area contributed by atoms with Crippen molar-refractivity contribution in [3.05, 3.63) is 108 Å². The Morgan fingerprint density at radius 3 is 1.79 bits per heavy atom. The second kappa shape index (κ2) is 21.1. The van der Waals surface area contributed by atoms with Crippen molar-refractivity contribution in [1.29, 1.82) is 0 Å². The van der Waals surface area contributed by atoms with E-state index in [4.69, 9.17) is 0 Å². The molecule has 0 aliphatic carbocycles. The van der Waals surface area contributed by atoms with Crippen molar-refractivity contribution in [2.75, 3.05) is 13.1 Å². The molecule has 0 saturated carbocycles. The van der Waals surface area contributed by atoms with Crippen LogP contribution in [0.2, 0.25) is 0 Å². The summed E-state index contributed by atoms with van der Waals surface area (Å²) in [6, 6.07) is 8.44. The third-order valence-corrected chi connectivity index (χ3v) is 7.53. The summed E-state index contributed by atoms with van der Waals surface area (Å²) in [5.74, 6) is 0. The Labute approximate surface area is 238 Å². The van der Waals surface area contributed by atoms with Gasteiger partial charge in [0.2, 0.25) is 0 Å². The summed E-state index contributed by atoms with van der Waals surface area (Å²) < 4.78 is 0. The van der Waals surface area contributed by atoms with E-state index in [1.807, 2.05) is 36.9 Å². The van der Waals surface area contributed by atoms with Gasteiger partial charge < -0.3 is 4.90 Å². The Morgan fingerprint density at radius 2 is 1.21 bits per heavy atom. The van der Waals surface area contributed by atoms with Gasteiger partial charge in [-0.1, -0.05) is 68.2 Å². The van der Waals surface area contributed by atoms with Gasteiger partial charge in [-0.15, -0.1) is 0 Å². The van der Waals surface area contributed by atoms with Gasteiger partial charge in [-0.25, -0.2) is 0 Å². The van der Waals surface area contributed by atoms with E-state index in [1.54, 1.807) is 4.90 Å². The van der Waals surface area contributed by atoms with Gasteiger partial charge in [0, 0.05) is 30.4 Å². The van der Waals surface area contributed by atoms with Crippen LogP contribution < -0.4 is 4.90 Å². The number of rotatable bonds is 21. The lowest BCUT2D eigenvalue weighted by Crippen LogP contribution is -3.07. The summed E-state index contributed by atoms with van der Waals surface area (Å²) >= 11 is 0. The molecule has 1 aliphatic heterocycles. The van der Waals surface area contributed by atoms with E-state index in [0.717, 1.165) is 19.4 Å². The normalized spacial score (nSPS) is 15.4. The molecule has 3 heteroatoms. The lowest BCUT2D eigenvalue weighted by atomic mass is 10.1. The maximum absolute atomic E-state index is 4.20. The highest BCUT2D eigenvalue weighted by atomic mass is 15.1. The number of aromatic nitrogens is 2. The van der Waals surface area contributed by atoms with Gasteiger partial charge in [-0.3, -0.25) is 9.97 Å². The van der Waals surface area contributed by atoms with Crippen LogP contribution in [0.25, 0.3) is 0 Å². The molecular weight excluding hydrogens is 474 g/mol. The topological polar surface area (TPSA) is 30.2 Å². The third-order valence-electron chi connectivity index (χ3n) is 7.53. The van der Waals surface area contributed by atoms with Crippen molar-refractivity contribution in [3.8, 4) is 0 Å². The van der Waals surface area contributed by atoms with E-state index in [2.05, 4.69) is 64.8 Å². The van der Waals surface area contributed by atoms with Crippen molar-refractivity contribution < 1.29 is 4.90 Å². The summed E-state index contributed by atoms with van der Waals surface area (Å²) in [5.41, 5.74) is 4.21. The number of unbranched alkanes of at least 4 members (excludes halogenated alkanes) is 10. The third kappa shape index (κ3) is 15.4. The van der Waals surface area contributed by atoms with E-state index in [0.29, 0.717) is 0 Å². The molecule has 210 valence electrons. The number of hydrogen-bond acceptors (Lipinski definition) is 2. The van der Waals surface area contributed by atoms with Crippen LogP contribution in [0.15, 0.2) is 97.3 Å². The first-order chi connectivity index (χ1) is 19.4. The van der Waals surface area contributed by atoms with Crippen LogP contribution in [0.3, 0.4) is 0 Å². The summed E-state index contributed by atoms with van der Waals surface area (Å²) in [4.78, 5) is 10.0. The molecular formula is C36H52N3+. The lowest BCUT2D eigenvalue weighted by Gasteiger charge is -2.17. The fraction of sp³-hybridized carbons (Fsp3) is 0.500. The van der Waals surface area contributed by atoms with Crippen LogP contribution in [-0.4, -0.2) is 23.1 Å². The first-order valence-corrected chi connectivity index (χ1v) is 15.7. The molecule has 1 N–H and O–H groups in total. The van der Waals surface area contributed by atoms with Crippen molar-refractivity contribution in [2.45, 2.75) is 103 Å². The molecule has 2 aromatic heterocycles. The molecule has 1 atom stereocenters. The number of quaternary nitrogens is 1. The molecule has 1 unspecified atom stereocenters. The van der Waals surface area contributed by atoms with Crippen molar-refractivity contribution >= 4 is 0 Å². The predicted octanol–water partition coefficient (Wildman–Crippen LogP) is 8.17. The zero-order chi connectivity index (χ0) is 27.1. The Kier molecular flexibility index (Phi) is 16.6. The zero-order valence-electron chi connectivity index (χ0n) is 24.3. The predicted molar refractivity (Wildman–Crippen MR) is 167 cm³/mol. The monoisotopic (exact) mass is 526 g/mol. The van der Waals surface area contributed by atoms with Gasteiger partial charge in [0.1, 0.15) is 6.54 Å². The van der Waals surface area contributed by atoms with Crippen LogP contribution in [-0.2, 0) is 12.8 Å². The molecule has 0 amide bonds. The van der Waals surface area contributed by atoms with E-state index < -0.39 is 0 Å². The number of pyridine rings is 2. The molecule has 39 heavy (non-hydrogen) atoms. The molecule has 3 heterocycles. The molecule has 0 aromatic carbocycles. The lowest BCUT2D eigenvalue weighted by molar-refractivity contribution is -0.841. The highest BCUT2D eigenvalue weighted by Crippen LogP contribution is 2.11. The van der Waals surface area contributed by atoms with Crippen LogP contribution in [0.4, 0.5) is 0 Å². The summed E-state index contributed by atoms with van der Waals surface area (Å²) in [6.07, 6.45) is 44.6. The maximum atomic E-state index is 4.20. The fourth-order valence-corrected chi connectivity index (χ4v) is 5.20. The molecule has 1 aliphatic rings. The van der Waals surface area contributed by atoms with Crippen LogP contribution >= 0.6 is 0 Å². The Morgan fingerprint density at radius 1 is 0.641 bits per heavy atom. The molecule has 2 aromatic rings. The second-order valence-corrected chi connectivity index (χ2v) is 11.0. The second-order valence-electron chi connectivity index (χ2n) is 11.0. The highest BCUT2D eigenvalue weighted by molar-refractivity contribution is 5.21. The smallest absolute Gasteiger partial charge is 0.100 e. The van der Waals surface area contributed by atoms with Gasteiger partial charge in [-0.2, -0.15) is 0 Å².